The fourth-order valence-electron chi connectivity index (χ4n) is 2.54. The van der Waals surface area contributed by atoms with Crippen LogP contribution in [0.25, 0.3) is 0 Å². The number of rotatable bonds is 6. The van der Waals surface area contributed by atoms with Gasteiger partial charge < -0.3 is 20.1 Å². The lowest BCUT2D eigenvalue weighted by atomic mass is 10.1. The Bertz CT molecular complexity index is 585. The fraction of sp³-hybridized carbons (Fsp3) is 0.533. The zero-order valence-corrected chi connectivity index (χ0v) is 13.3. The Hall–Kier alpha value is -2.35. The molecule has 0 unspecified atom stereocenters. The summed E-state index contributed by atoms with van der Waals surface area (Å²) in [5, 5.41) is 17.3. The van der Waals surface area contributed by atoms with Gasteiger partial charge in [-0.2, -0.15) is 0 Å². The molecule has 0 atom stereocenters. The second kappa shape index (κ2) is 7.77. The third-order valence-corrected chi connectivity index (χ3v) is 3.70. The molecule has 0 radical (unpaired) electrons. The Labute approximate surface area is 134 Å². The Morgan fingerprint density at radius 1 is 1.39 bits per heavy atom. The van der Waals surface area contributed by atoms with E-state index in [9.17, 15) is 14.9 Å². The van der Waals surface area contributed by atoms with Crippen molar-refractivity contribution in [2.45, 2.75) is 25.8 Å². The third-order valence-electron chi connectivity index (χ3n) is 3.70. The Balaban J connectivity index is 2.31. The van der Waals surface area contributed by atoms with E-state index < -0.39 is 10.8 Å². The Kier molecular flexibility index (Phi) is 5.75. The van der Waals surface area contributed by atoms with Crippen molar-refractivity contribution in [3.8, 4) is 11.5 Å². The number of carbonyl (C=O) groups excluding carboxylic acids is 1. The molecule has 1 aliphatic heterocycles. The van der Waals surface area contributed by atoms with E-state index in [1.165, 1.54) is 19.2 Å². The molecule has 126 valence electrons. The van der Waals surface area contributed by atoms with Gasteiger partial charge in [-0.3, -0.25) is 14.9 Å². The van der Waals surface area contributed by atoms with Crippen molar-refractivity contribution in [1.82, 2.24) is 10.6 Å². The molecular formula is C15H21N3O5. The number of amides is 1. The highest BCUT2D eigenvalue weighted by Gasteiger charge is 2.26. The molecule has 0 saturated carbocycles. The van der Waals surface area contributed by atoms with Crippen molar-refractivity contribution in [1.29, 1.82) is 0 Å². The van der Waals surface area contributed by atoms with E-state index in [2.05, 4.69) is 10.6 Å². The third kappa shape index (κ3) is 4.10. The minimum Gasteiger partial charge on any atom is -0.493 e. The first kappa shape index (κ1) is 17.0. The van der Waals surface area contributed by atoms with E-state index >= 15 is 0 Å². The molecule has 0 spiro atoms. The molecule has 2 N–H and O–H groups in total. The van der Waals surface area contributed by atoms with Gasteiger partial charge >= 0.3 is 0 Å². The highest BCUT2D eigenvalue weighted by Crippen LogP contribution is 2.34. The van der Waals surface area contributed by atoms with E-state index in [0.717, 1.165) is 25.9 Å². The molecule has 1 saturated heterocycles. The predicted octanol–water partition coefficient (Wildman–Crippen LogP) is 1.48. The number of benzene rings is 1. The standard InChI is InChI=1S/C15H21N3O5/c1-3-23-14-8-11(12(18(20)21)9-13(14)22-2)15(19)17-10-4-6-16-7-5-10/h8-10,16H,3-7H2,1-2H3,(H,17,19). The van der Waals surface area contributed by atoms with Crippen LogP contribution in [0.5, 0.6) is 11.5 Å². The summed E-state index contributed by atoms with van der Waals surface area (Å²) < 4.78 is 10.5. The number of piperidine rings is 1. The predicted molar refractivity (Wildman–Crippen MR) is 84.2 cm³/mol. The number of nitrogens with zero attached hydrogens (tertiary/aromatic N) is 1. The van der Waals surface area contributed by atoms with Crippen LogP contribution in [0.15, 0.2) is 12.1 Å². The van der Waals surface area contributed by atoms with Gasteiger partial charge in [-0.25, -0.2) is 0 Å². The number of nitro benzene ring substituents is 1. The number of ether oxygens (including phenoxy) is 2. The highest BCUT2D eigenvalue weighted by atomic mass is 16.6. The summed E-state index contributed by atoms with van der Waals surface area (Å²) in [5.41, 5.74) is -0.311. The van der Waals surface area contributed by atoms with E-state index in [1.807, 2.05) is 0 Å². The smallest absolute Gasteiger partial charge is 0.286 e. The molecule has 1 fully saturated rings. The summed E-state index contributed by atoms with van der Waals surface area (Å²) >= 11 is 0. The lowest BCUT2D eigenvalue weighted by Crippen LogP contribution is -2.42. The van der Waals surface area contributed by atoms with Crippen molar-refractivity contribution in [3.63, 3.8) is 0 Å². The molecule has 0 bridgehead atoms. The average molecular weight is 323 g/mol. The maximum atomic E-state index is 12.5. The topological polar surface area (TPSA) is 103 Å². The van der Waals surface area contributed by atoms with E-state index in [0.29, 0.717) is 12.4 Å². The van der Waals surface area contributed by atoms with Gasteiger partial charge in [0.1, 0.15) is 5.56 Å². The van der Waals surface area contributed by atoms with Crippen molar-refractivity contribution in [2.24, 2.45) is 0 Å². The van der Waals surface area contributed by atoms with Crippen molar-refractivity contribution in [2.75, 3.05) is 26.8 Å². The van der Waals surface area contributed by atoms with Gasteiger partial charge in [0, 0.05) is 12.1 Å². The first-order valence-electron chi connectivity index (χ1n) is 7.57. The summed E-state index contributed by atoms with van der Waals surface area (Å²) in [6.07, 6.45) is 1.60. The highest BCUT2D eigenvalue weighted by molar-refractivity contribution is 5.99. The number of hydrogen-bond acceptors (Lipinski definition) is 6. The van der Waals surface area contributed by atoms with Gasteiger partial charge in [-0.15, -0.1) is 0 Å². The van der Waals surface area contributed by atoms with E-state index in [1.54, 1.807) is 6.92 Å². The average Bonchev–Trinajstić information content (AvgIpc) is 2.55. The lowest BCUT2D eigenvalue weighted by Gasteiger charge is -2.23. The van der Waals surface area contributed by atoms with Gasteiger partial charge in [-0.05, 0) is 32.9 Å². The van der Waals surface area contributed by atoms with Crippen molar-refractivity contribution < 1.29 is 19.2 Å². The van der Waals surface area contributed by atoms with Crippen molar-refractivity contribution >= 4 is 11.6 Å². The normalized spacial score (nSPS) is 15.0. The summed E-state index contributed by atoms with van der Waals surface area (Å²) in [4.78, 5) is 23.1. The number of nitro groups is 1. The SMILES string of the molecule is CCOc1cc(C(=O)NC2CCNCC2)c([N+](=O)[O-])cc1OC. The second-order valence-electron chi connectivity index (χ2n) is 5.21. The molecule has 1 heterocycles. The summed E-state index contributed by atoms with van der Waals surface area (Å²) in [6.45, 7) is 3.79. The minimum atomic E-state index is -0.588. The minimum absolute atomic E-state index is 0.0148. The molecule has 2 rings (SSSR count). The molecule has 1 aliphatic rings. The number of methoxy groups -OCH3 is 1. The zero-order chi connectivity index (χ0) is 16.8. The molecule has 8 nitrogen and oxygen atoms in total. The van der Waals surface area contributed by atoms with Crippen molar-refractivity contribution in [3.05, 3.63) is 27.8 Å². The lowest BCUT2D eigenvalue weighted by molar-refractivity contribution is -0.385. The molecule has 1 amide bonds. The van der Waals surface area contributed by atoms with Gasteiger partial charge in [0.25, 0.3) is 11.6 Å². The van der Waals surface area contributed by atoms with Crippen LogP contribution < -0.4 is 20.1 Å². The van der Waals surface area contributed by atoms with Gasteiger partial charge in [0.15, 0.2) is 11.5 Å². The monoisotopic (exact) mass is 323 g/mol. The Morgan fingerprint density at radius 3 is 2.65 bits per heavy atom. The van der Waals surface area contributed by atoms with Crippen LogP contribution in [0.3, 0.4) is 0 Å². The largest absolute Gasteiger partial charge is 0.493 e. The van der Waals surface area contributed by atoms with Crippen LogP contribution in [0.4, 0.5) is 5.69 Å². The van der Waals surface area contributed by atoms with Gasteiger partial charge in [0.05, 0.1) is 24.7 Å². The maximum Gasteiger partial charge on any atom is 0.286 e. The molecule has 8 heteroatoms. The summed E-state index contributed by atoms with van der Waals surface area (Å²) in [6, 6.07) is 2.61. The second-order valence-corrected chi connectivity index (χ2v) is 5.21. The van der Waals surface area contributed by atoms with Gasteiger partial charge in [-0.1, -0.05) is 0 Å². The number of hydrogen-bond donors (Lipinski definition) is 2. The van der Waals surface area contributed by atoms with Crippen LogP contribution in [0.2, 0.25) is 0 Å². The van der Waals surface area contributed by atoms with E-state index in [4.69, 9.17) is 9.47 Å². The first-order chi connectivity index (χ1) is 11.1. The number of nitrogens with one attached hydrogen (secondary N) is 2. The zero-order valence-electron chi connectivity index (χ0n) is 13.3. The fourth-order valence-corrected chi connectivity index (χ4v) is 2.54. The number of carbonyl (C=O) groups is 1. The molecule has 0 aromatic heterocycles. The summed E-state index contributed by atoms with van der Waals surface area (Å²) in [5.74, 6) is 0.0835. The summed E-state index contributed by atoms with van der Waals surface area (Å²) in [7, 11) is 1.40. The Morgan fingerprint density at radius 2 is 2.09 bits per heavy atom. The van der Waals surface area contributed by atoms with Crippen LogP contribution in [0.1, 0.15) is 30.1 Å². The molecule has 23 heavy (non-hydrogen) atoms. The molecule has 1 aromatic rings. The van der Waals surface area contributed by atoms with Crippen LogP contribution >= 0.6 is 0 Å². The maximum absolute atomic E-state index is 12.5. The van der Waals surface area contributed by atoms with Crippen LogP contribution in [-0.2, 0) is 0 Å². The first-order valence-corrected chi connectivity index (χ1v) is 7.57. The van der Waals surface area contributed by atoms with E-state index in [-0.39, 0.29) is 23.0 Å². The van der Waals surface area contributed by atoms with Crippen LogP contribution in [0, 0.1) is 10.1 Å². The molecule has 0 aliphatic carbocycles. The molecule has 1 aromatic carbocycles. The molecular weight excluding hydrogens is 302 g/mol. The van der Waals surface area contributed by atoms with Crippen LogP contribution in [-0.4, -0.2) is 43.7 Å². The quantitative estimate of drug-likeness (QED) is 0.607. The van der Waals surface area contributed by atoms with Gasteiger partial charge in [0.2, 0.25) is 0 Å².